The highest BCUT2D eigenvalue weighted by atomic mass is 16.2. The van der Waals surface area contributed by atoms with E-state index in [1.54, 1.807) is 19.9 Å². The Morgan fingerprint density at radius 1 is 1.28 bits per heavy atom. The number of amides is 2. The third kappa shape index (κ3) is 4.98. The maximum atomic E-state index is 13.5. The summed E-state index contributed by atoms with van der Waals surface area (Å²) < 4.78 is 2.01. The van der Waals surface area contributed by atoms with Crippen molar-refractivity contribution in [3.8, 4) is 0 Å². The lowest BCUT2D eigenvalue weighted by Crippen LogP contribution is -2.53. The SMILES string of the molecule is CCCCC[n+]1cccc(C(=O)N2c3c(nc(NC(=O)C(C)C)[nH]c3=O)NC(C)C2C)c1. The number of anilines is 3. The number of rotatable bonds is 7. The molecule has 2 amide bonds. The van der Waals surface area contributed by atoms with Gasteiger partial charge in [0.05, 0.1) is 6.04 Å². The highest BCUT2D eigenvalue weighted by molar-refractivity contribution is 6.08. The molecule has 3 heterocycles. The first-order valence-electron chi connectivity index (χ1n) is 11.3. The summed E-state index contributed by atoms with van der Waals surface area (Å²) in [5.41, 5.74) is 0.178. The second-order valence-corrected chi connectivity index (χ2v) is 8.64. The number of aryl methyl sites for hydroxylation is 1. The number of carbonyl (C=O) groups is 2. The second kappa shape index (κ2) is 9.93. The molecule has 32 heavy (non-hydrogen) atoms. The van der Waals surface area contributed by atoms with E-state index in [4.69, 9.17) is 0 Å². The highest BCUT2D eigenvalue weighted by Gasteiger charge is 2.37. The van der Waals surface area contributed by atoms with Gasteiger partial charge in [0.25, 0.3) is 11.5 Å². The lowest BCUT2D eigenvalue weighted by molar-refractivity contribution is -0.697. The van der Waals surface area contributed by atoms with E-state index < -0.39 is 5.56 Å². The van der Waals surface area contributed by atoms with Crippen LogP contribution in [0.15, 0.2) is 29.3 Å². The molecule has 1 aliphatic rings. The van der Waals surface area contributed by atoms with Gasteiger partial charge in [-0.15, -0.1) is 0 Å². The van der Waals surface area contributed by atoms with Gasteiger partial charge in [-0.1, -0.05) is 27.2 Å². The van der Waals surface area contributed by atoms with E-state index in [-0.39, 0.29) is 47.3 Å². The summed E-state index contributed by atoms with van der Waals surface area (Å²) in [7, 11) is 0. The zero-order chi connectivity index (χ0) is 23.4. The molecule has 0 saturated carbocycles. The molecule has 9 heteroatoms. The minimum atomic E-state index is -0.486. The Labute approximate surface area is 188 Å². The predicted molar refractivity (Wildman–Crippen MR) is 124 cm³/mol. The summed E-state index contributed by atoms with van der Waals surface area (Å²) in [6.07, 6.45) is 7.07. The van der Waals surface area contributed by atoms with Crippen LogP contribution in [0.25, 0.3) is 0 Å². The average molecular weight is 442 g/mol. The summed E-state index contributed by atoms with van der Waals surface area (Å²) in [5, 5.41) is 5.81. The van der Waals surface area contributed by atoms with Crippen molar-refractivity contribution in [2.45, 2.75) is 72.5 Å². The van der Waals surface area contributed by atoms with E-state index in [2.05, 4.69) is 27.5 Å². The molecule has 0 radical (unpaired) electrons. The Morgan fingerprint density at radius 2 is 2.03 bits per heavy atom. The van der Waals surface area contributed by atoms with Crippen molar-refractivity contribution in [1.82, 2.24) is 9.97 Å². The van der Waals surface area contributed by atoms with Crippen LogP contribution >= 0.6 is 0 Å². The standard InChI is InChI=1S/C23H32N6O3/c1-6-7-8-11-28-12-9-10-17(13-28)22(32)29-16(5)15(4)24-19-18(29)21(31)27-23(25-19)26-20(30)14(2)3/h9-10,12-16H,6-8,11H2,1-5H3,(H2-,24,25,26,27,30,31)/p+1. The lowest BCUT2D eigenvalue weighted by atomic mass is 10.0. The Bertz CT molecular complexity index is 1050. The first kappa shape index (κ1) is 23.4. The van der Waals surface area contributed by atoms with Crippen LogP contribution in [0.5, 0.6) is 0 Å². The number of unbranched alkanes of at least 4 members (excludes halogenated alkanes) is 2. The minimum absolute atomic E-state index is 0.0579. The van der Waals surface area contributed by atoms with Crippen molar-refractivity contribution < 1.29 is 14.2 Å². The van der Waals surface area contributed by atoms with Crippen molar-refractivity contribution in [2.24, 2.45) is 5.92 Å². The molecule has 172 valence electrons. The monoisotopic (exact) mass is 441 g/mol. The molecular formula is C23H33N6O3+. The summed E-state index contributed by atoms with van der Waals surface area (Å²) in [6.45, 7) is 10.3. The van der Waals surface area contributed by atoms with Gasteiger partial charge < -0.3 is 5.32 Å². The van der Waals surface area contributed by atoms with Crippen LogP contribution in [0, 0.1) is 5.92 Å². The third-order valence-corrected chi connectivity index (χ3v) is 5.74. The van der Waals surface area contributed by atoms with Crippen molar-refractivity contribution >= 4 is 29.3 Å². The molecule has 2 aromatic rings. The number of aromatic amines is 1. The minimum Gasteiger partial charge on any atom is -0.364 e. The van der Waals surface area contributed by atoms with Crippen LogP contribution in [-0.2, 0) is 11.3 Å². The van der Waals surface area contributed by atoms with E-state index in [1.807, 2.05) is 36.9 Å². The van der Waals surface area contributed by atoms with Crippen LogP contribution in [0.2, 0.25) is 0 Å². The van der Waals surface area contributed by atoms with Gasteiger partial charge in [-0.3, -0.25) is 29.6 Å². The van der Waals surface area contributed by atoms with Gasteiger partial charge >= 0.3 is 0 Å². The molecule has 0 spiro atoms. The quantitative estimate of drug-likeness (QED) is 0.452. The number of fused-ring (bicyclic) bond motifs is 1. The van der Waals surface area contributed by atoms with Gasteiger partial charge in [0.2, 0.25) is 11.9 Å². The molecule has 2 atom stereocenters. The fourth-order valence-corrected chi connectivity index (χ4v) is 3.63. The van der Waals surface area contributed by atoms with Gasteiger partial charge in [-0.25, -0.2) is 4.57 Å². The predicted octanol–water partition coefficient (Wildman–Crippen LogP) is 2.69. The summed E-state index contributed by atoms with van der Waals surface area (Å²) in [6, 6.07) is 3.19. The number of nitrogens with one attached hydrogen (secondary N) is 3. The fourth-order valence-electron chi connectivity index (χ4n) is 3.63. The normalized spacial score (nSPS) is 17.6. The molecule has 3 N–H and O–H groups in total. The van der Waals surface area contributed by atoms with Gasteiger partial charge in [-0.05, 0) is 26.3 Å². The van der Waals surface area contributed by atoms with E-state index in [0.29, 0.717) is 5.56 Å². The van der Waals surface area contributed by atoms with Crippen molar-refractivity contribution in [3.63, 3.8) is 0 Å². The van der Waals surface area contributed by atoms with Gasteiger partial charge in [0, 0.05) is 24.4 Å². The van der Waals surface area contributed by atoms with E-state index in [9.17, 15) is 14.4 Å². The average Bonchev–Trinajstić information content (AvgIpc) is 2.75. The lowest BCUT2D eigenvalue weighted by Gasteiger charge is -2.38. The van der Waals surface area contributed by atoms with Crippen LogP contribution in [0.4, 0.5) is 17.5 Å². The van der Waals surface area contributed by atoms with E-state index >= 15 is 0 Å². The Morgan fingerprint density at radius 3 is 2.72 bits per heavy atom. The summed E-state index contributed by atoms with van der Waals surface area (Å²) in [5.74, 6) is -0.442. The Balaban J connectivity index is 1.96. The van der Waals surface area contributed by atoms with Crippen LogP contribution in [0.1, 0.15) is 64.2 Å². The first-order chi connectivity index (χ1) is 15.2. The molecule has 2 unspecified atom stereocenters. The molecule has 1 aliphatic heterocycles. The Kier molecular flexibility index (Phi) is 7.27. The maximum Gasteiger partial charge on any atom is 0.278 e. The Hall–Kier alpha value is -3.23. The maximum absolute atomic E-state index is 13.5. The molecule has 0 bridgehead atoms. The molecule has 0 fully saturated rings. The van der Waals surface area contributed by atoms with Crippen LogP contribution < -0.4 is 25.7 Å². The molecule has 0 aromatic carbocycles. The van der Waals surface area contributed by atoms with Crippen molar-refractivity contribution in [1.29, 1.82) is 0 Å². The first-order valence-corrected chi connectivity index (χ1v) is 11.3. The van der Waals surface area contributed by atoms with Crippen molar-refractivity contribution in [3.05, 3.63) is 40.4 Å². The highest BCUT2D eigenvalue weighted by Crippen LogP contribution is 2.31. The number of carbonyl (C=O) groups excluding carboxylic acids is 2. The number of hydrogen-bond donors (Lipinski definition) is 3. The number of nitrogens with zero attached hydrogens (tertiary/aromatic N) is 3. The van der Waals surface area contributed by atoms with Gasteiger partial charge in [-0.2, -0.15) is 4.98 Å². The fraction of sp³-hybridized carbons (Fsp3) is 0.522. The number of pyridine rings is 1. The second-order valence-electron chi connectivity index (χ2n) is 8.64. The zero-order valence-corrected chi connectivity index (χ0v) is 19.4. The molecule has 9 nitrogen and oxygen atoms in total. The van der Waals surface area contributed by atoms with Gasteiger partial charge in [0.15, 0.2) is 23.9 Å². The number of H-pyrrole nitrogens is 1. The molecule has 3 rings (SSSR count). The number of aromatic nitrogens is 3. The summed E-state index contributed by atoms with van der Waals surface area (Å²) in [4.78, 5) is 47.0. The summed E-state index contributed by atoms with van der Waals surface area (Å²) >= 11 is 0. The molecular weight excluding hydrogens is 408 g/mol. The molecule has 2 aromatic heterocycles. The zero-order valence-electron chi connectivity index (χ0n) is 19.4. The van der Waals surface area contributed by atoms with Crippen LogP contribution in [-0.4, -0.2) is 33.9 Å². The van der Waals surface area contributed by atoms with Crippen molar-refractivity contribution in [2.75, 3.05) is 15.5 Å². The van der Waals surface area contributed by atoms with E-state index in [1.165, 1.54) is 4.90 Å². The van der Waals surface area contributed by atoms with Crippen LogP contribution in [0.3, 0.4) is 0 Å². The third-order valence-electron chi connectivity index (χ3n) is 5.74. The number of hydrogen-bond acceptors (Lipinski definition) is 5. The smallest absolute Gasteiger partial charge is 0.278 e. The largest absolute Gasteiger partial charge is 0.364 e. The van der Waals surface area contributed by atoms with Gasteiger partial charge in [0.1, 0.15) is 12.1 Å². The topological polar surface area (TPSA) is 111 Å². The molecule has 0 saturated heterocycles. The molecule has 0 aliphatic carbocycles. The van der Waals surface area contributed by atoms with E-state index in [0.717, 1.165) is 25.8 Å².